The van der Waals surface area contributed by atoms with Gasteiger partial charge in [-0.25, -0.2) is 14.8 Å². The fourth-order valence-electron chi connectivity index (χ4n) is 1.45. The van der Waals surface area contributed by atoms with E-state index in [-0.39, 0.29) is 5.69 Å². The second kappa shape index (κ2) is 5.44. The maximum Gasteiger partial charge on any atom is 0.356 e. The minimum absolute atomic E-state index is 0.0275. The molecule has 1 unspecified atom stereocenters. The average Bonchev–Trinajstić information content (AvgIpc) is 2.28. The zero-order valence-corrected chi connectivity index (χ0v) is 9.84. The van der Waals surface area contributed by atoms with E-state index in [9.17, 15) is 4.79 Å². The number of anilines is 1. The Bertz CT molecular complexity index is 351. The maximum absolute atomic E-state index is 10.6. The number of aromatic carboxylic acids is 1. The van der Waals surface area contributed by atoms with Crippen LogP contribution < -0.4 is 4.90 Å². The van der Waals surface area contributed by atoms with Crippen molar-refractivity contribution in [2.45, 2.75) is 32.7 Å². The molecule has 0 saturated carbocycles. The fourth-order valence-corrected chi connectivity index (χ4v) is 1.45. The minimum Gasteiger partial charge on any atom is -0.476 e. The molecule has 0 radical (unpaired) electrons. The van der Waals surface area contributed by atoms with Crippen LogP contribution >= 0.6 is 0 Å². The van der Waals surface area contributed by atoms with Gasteiger partial charge in [0, 0.05) is 13.1 Å². The molecule has 1 heterocycles. The highest BCUT2D eigenvalue weighted by atomic mass is 16.4. The molecule has 5 nitrogen and oxygen atoms in total. The molecule has 0 aliphatic rings. The van der Waals surface area contributed by atoms with Gasteiger partial charge in [0.15, 0.2) is 5.69 Å². The smallest absolute Gasteiger partial charge is 0.356 e. The molecule has 1 N–H and O–H groups in total. The third-order valence-corrected chi connectivity index (χ3v) is 2.59. The lowest BCUT2D eigenvalue weighted by Crippen LogP contribution is -2.29. The summed E-state index contributed by atoms with van der Waals surface area (Å²) in [4.78, 5) is 20.5. The summed E-state index contributed by atoms with van der Waals surface area (Å²) < 4.78 is 0. The monoisotopic (exact) mass is 223 g/mol. The first-order valence-electron chi connectivity index (χ1n) is 5.34. The molecule has 5 heteroatoms. The van der Waals surface area contributed by atoms with Gasteiger partial charge < -0.3 is 10.0 Å². The molecule has 1 aromatic rings. The zero-order valence-electron chi connectivity index (χ0n) is 9.84. The van der Waals surface area contributed by atoms with Crippen LogP contribution in [-0.4, -0.2) is 34.1 Å². The Morgan fingerprint density at radius 1 is 1.50 bits per heavy atom. The number of carbonyl (C=O) groups is 1. The number of carboxylic acid groups (broad SMARTS) is 1. The van der Waals surface area contributed by atoms with E-state index in [4.69, 9.17) is 5.11 Å². The lowest BCUT2D eigenvalue weighted by molar-refractivity contribution is 0.0690. The quantitative estimate of drug-likeness (QED) is 0.824. The van der Waals surface area contributed by atoms with Gasteiger partial charge in [0.2, 0.25) is 0 Å². The second-order valence-electron chi connectivity index (χ2n) is 3.81. The molecule has 1 aromatic heterocycles. The number of nitrogens with zero attached hydrogens (tertiary/aromatic N) is 3. The molecule has 0 fully saturated rings. The fraction of sp³-hybridized carbons (Fsp3) is 0.545. The maximum atomic E-state index is 10.6. The van der Waals surface area contributed by atoms with Crippen molar-refractivity contribution < 1.29 is 9.90 Å². The Kier molecular flexibility index (Phi) is 4.22. The molecular formula is C11H17N3O2. The van der Waals surface area contributed by atoms with Crippen molar-refractivity contribution >= 4 is 11.8 Å². The molecular weight excluding hydrogens is 206 g/mol. The molecule has 16 heavy (non-hydrogen) atoms. The van der Waals surface area contributed by atoms with Crippen molar-refractivity contribution in [3.05, 3.63) is 18.1 Å². The predicted molar refractivity (Wildman–Crippen MR) is 61.8 cm³/mol. The lowest BCUT2D eigenvalue weighted by atomic mass is 10.2. The van der Waals surface area contributed by atoms with Gasteiger partial charge >= 0.3 is 5.97 Å². The molecule has 0 bridgehead atoms. The first-order valence-corrected chi connectivity index (χ1v) is 5.34. The van der Waals surface area contributed by atoms with Gasteiger partial charge in [-0.3, -0.25) is 0 Å². The molecule has 0 aliphatic carbocycles. The summed E-state index contributed by atoms with van der Waals surface area (Å²) in [6.45, 7) is 4.24. The van der Waals surface area contributed by atoms with E-state index in [0.717, 1.165) is 12.8 Å². The third kappa shape index (κ3) is 2.92. The van der Waals surface area contributed by atoms with E-state index in [1.807, 2.05) is 11.9 Å². The number of hydrogen-bond donors (Lipinski definition) is 1. The summed E-state index contributed by atoms with van der Waals surface area (Å²) in [6, 6.07) is 0.370. The van der Waals surface area contributed by atoms with Crippen LogP contribution in [0.5, 0.6) is 0 Å². The van der Waals surface area contributed by atoms with Crippen molar-refractivity contribution in [1.29, 1.82) is 0 Å². The van der Waals surface area contributed by atoms with Gasteiger partial charge in [0.05, 0.1) is 12.4 Å². The van der Waals surface area contributed by atoms with E-state index in [1.165, 1.54) is 12.4 Å². The highest BCUT2D eigenvalue weighted by Crippen LogP contribution is 2.13. The summed E-state index contributed by atoms with van der Waals surface area (Å²) >= 11 is 0. The van der Waals surface area contributed by atoms with E-state index < -0.39 is 5.97 Å². The van der Waals surface area contributed by atoms with Crippen LogP contribution in [0, 0.1) is 0 Å². The van der Waals surface area contributed by atoms with Gasteiger partial charge in [-0.1, -0.05) is 13.3 Å². The zero-order chi connectivity index (χ0) is 12.1. The Morgan fingerprint density at radius 2 is 2.19 bits per heavy atom. The Labute approximate surface area is 95.1 Å². The summed E-state index contributed by atoms with van der Waals surface area (Å²) in [7, 11) is 1.94. The van der Waals surface area contributed by atoms with Crippen LogP contribution in [0.3, 0.4) is 0 Å². The Hall–Kier alpha value is -1.65. The van der Waals surface area contributed by atoms with Gasteiger partial charge in [0.25, 0.3) is 0 Å². The second-order valence-corrected chi connectivity index (χ2v) is 3.81. The van der Waals surface area contributed by atoms with E-state index in [2.05, 4.69) is 23.8 Å². The largest absolute Gasteiger partial charge is 0.476 e. The van der Waals surface area contributed by atoms with Crippen LogP contribution in [0.25, 0.3) is 0 Å². The minimum atomic E-state index is -1.05. The van der Waals surface area contributed by atoms with Crippen molar-refractivity contribution in [2.24, 2.45) is 0 Å². The van der Waals surface area contributed by atoms with E-state index >= 15 is 0 Å². The first-order chi connectivity index (χ1) is 7.56. The highest BCUT2D eigenvalue weighted by Gasteiger charge is 2.12. The topological polar surface area (TPSA) is 66.3 Å². The van der Waals surface area contributed by atoms with Crippen LogP contribution in [0.2, 0.25) is 0 Å². The summed E-state index contributed by atoms with van der Waals surface area (Å²) in [5.74, 6) is -0.353. The van der Waals surface area contributed by atoms with Crippen LogP contribution in [0.15, 0.2) is 12.4 Å². The standard InChI is InChI=1S/C11H17N3O2/c1-4-5-8(2)14(3)10-7-12-9(6-13-10)11(15)16/h6-8H,4-5H2,1-3H3,(H,15,16). The summed E-state index contributed by atoms with van der Waals surface area (Å²) in [5, 5.41) is 8.69. The predicted octanol–water partition coefficient (Wildman–Crippen LogP) is 1.80. The lowest BCUT2D eigenvalue weighted by Gasteiger charge is -2.25. The van der Waals surface area contributed by atoms with E-state index in [1.54, 1.807) is 0 Å². The van der Waals surface area contributed by atoms with Crippen LogP contribution in [0.4, 0.5) is 5.82 Å². The molecule has 0 amide bonds. The van der Waals surface area contributed by atoms with Gasteiger partial charge in [-0.05, 0) is 13.3 Å². The SMILES string of the molecule is CCCC(C)N(C)c1cnc(C(=O)O)cn1. The molecule has 88 valence electrons. The third-order valence-electron chi connectivity index (χ3n) is 2.59. The van der Waals surface area contributed by atoms with Gasteiger partial charge in [0.1, 0.15) is 5.82 Å². The van der Waals surface area contributed by atoms with Crippen molar-refractivity contribution in [1.82, 2.24) is 9.97 Å². The molecule has 1 rings (SSSR count). The number of rotatable bonds is 5. The van der Waals surface area contributed by atoms with Crippen LogP contribution in [0.1, 0.15) is 37.2 Å². The van der Waals surface area contributed by atoms with Gasteiger partial charge in [-0.2, -0.15) is 0 Å². The number of hydrogen-bond acceptors (Lipinski definition) is 4. The Morgan fingerprint density at radius 3 is 2.62 bits per heavy atom. The molecule has 0 aromatic carbocycles. The first kappa shape index (κ1) is 12.4. The van der Waals surface area contributed by atoms with Crippen molar-refractivity contribution in [3.8, 4) is 0 Å². The average molecular weight is 223 g/mol. The summed E-state index contributed by atoms with van der Waals surface area (Å²) in [5.41, 5.74) is -0.0275. The van der Waals surface area contributed by atoms with Crippen molar-refractivity contribution in [3.63, 3.8) is 0 Å². The highest BCUT2D eigenvalue weighted by molar-refractivity contribution is 5.84. The van der Waals surface area contributed by atoms with Crippen molar-refractivity contribution in [2.75, 3.05) is 11.9 Å². The number of aromatic nitrogens is 2. The molecule has 1 atom stereocenters. The normalized spacial score (nSPS) is 12.2. The molecule has 0 saturated heterocycles. The van der Waals surface area contributed by atoms with Gasteiger partial charge in [-0.15, -0.1) is 0 Å². The Balaban J connectivity index is 2.77. The molecule has 0 aliphatic heterocycles. The number of carboxylic acids is 1. The van der Waals surface area contributed by atoms with E-state index in [0.29, 0.717) is 11.9 Å². The summed E-state index contributed by atoms with van der Waals surface area (Å²) in [6.07, 6.45) is 4.95. The van der Waals surface area contributed by atoms with Crippen LogP contribution in [-0.2, 0) is 0 Å². The molecule has 0 spiro atoms.